The largest absolute Gasteiger partial charge is 0.322 e. The van der Waals surface area contributed by atoms with Crippen molar-refractivity contribution in [1.82, 2.24) is 14.5 Å². The van der Waals surface area contributed by atoms with E-state index in [-0.39, 0.29) is 0 Å². The minimum atomic E-state index is 0.802. The van der Waals surface area contributed by atoms with Gasteiger partial charge in [0.2, 0.25) is 0 Å². The van der Waals surface area contributed by atoms with Crippen LogP contribution in [0.3, 0.4) is 0 Å². The fourth-order valence-electron chi connectivity index (χ4n) is 3.85. The molecule has 0 spiro atoms. The zero-order chi connectivity index (χ0) is 18.9. The summed E-state index contributed by atoms with van der Waals surface area (Å²) in [5, 5.41) is 2.61. The Hall–Kier alpha value is -3.46. The van der Waals surface area contributed by atoms with Gasteiger partial charge < -0.3 is 4.57 Å². The molecule has 0 aliphatic rings. The van der Waals surface area contributed by atoms with E-state index in [2.05, 4.69) is 89.3 Å². The van der Waals surface area contributed by atoms with E-state index >= 15 is 0 Å². The van der Waals surface area contributed by atoms with E-state index in [0.717, 1.165) is 35.5 Å². The van der Waals surface area contributed by atoms with Gasteiger partial charge in [-0.25, -0.2) is 9.97 Å². The van der Waals surface area contributed by atoms with E-state index in [4.69, 9.17) is 4.98 Å². The van der Waals surface area contributed by atoms with Gasteiger partial charge in [-0.15, -0.1) is 0 Å². The van der Waals surface area contributed by atoms with Crippen LogP contribution >= 0.6 is 0 Å². The fraction of sp³-hybridized carbons (Fsp3) is 0.120. The summed E-state index contributed by atoms with van der Waals surface area (Å²) >= 11 is 0. The lowest BCUT2D eigenvalue weighted by molar-refractivity contribution is 0.726. The number of imidazole rings is 1. The van der Waals surface area contributed by atoms with Crippen LogP contribution in [-0.2, 0) is 13.0 Å². The molecular weight excluding hydrogens is 342 g/mol. The average Bonchev–Trinajstić information content (AvgIpc) is 3.11. The van der Waals surface area contributed by atoms with Crippen LogP contribution in [0.2, 0.25) is 0 Å². The Morgan fingerprint density at radius 1 is 0.821 bits per heavy atom. The molecule has 2 aromatic heterocycles. The highest BCUT2D eigenvalue weighted by Gasteiger charge is 2.13. The monoisotopic (exact) mass is 363 g/mol. The number of pyridine rings is 1. The lowest BCUT2D eigenvalue weighted by atomic mass is 10.0. The van der Waals surface area contributed by atoms with Gasteiger partial charge in [-0.2, -0.15) is 0 Å². The van der Waals surface area contributed by atoms with Crippen molar-refractivity contribution >= 4 is 21.9 Å². The predicted octanol–water partition coefficient (Wildman–Crippen LogP) is 5.80. The molecule has 136 valence electrons. The number of aromatic nitrogens is 3. The summed E-state index contributed by atoms with van der Waals surface area (Å²) in [6.45, 7) is 2.97. The first-order valence-corrected chi connectivity index (χ1v) is 9.64. The van der Waals surface area contributed by atoms with Gasteiger partial charge in [0.1, 0.15) is 5.82 Å². The quantitative estimate of drug-likeness (QED) is 0.404. The van der Waals surface area contributed by atoms with E-state index in [1.54, 1.807) is 0 Å². The summed E-state index contributed by atoms with van der Waals surface area (Å²) < 4.78 is 2.30. The van der Waals surface area contributed by atoms with Gasteiger partial charge in [-0.05, 0) is 41.8 Å². The van der Waals surface area contributed by atoms with Crippen molar-refractivity contribution in [2.24, 2.45) is 0 Å². The van der Waals surface area contributed by atoms with E-state index < -0.39 is 0 Å². The molecule has 0 radical (unpaired) electrons. The molecule has 5 aromatic rings. The molecule has 0 aliphatic carbocycles. The Balaban J connectivity index is 1.58. The number of aryl methyl sites for hydroxylation is 3. The number of fused-ring (bicyclic) bond motifs is 2. The number of benzene rings is 3. The molecule has 0 amide bonds. The molecule has 3 aromatic carbocycles. The molecule has 0 saturated heterocycles. The van der Waals surface area contributed by atoms with Crippen LogP contribution in [0.15, 0.2) is 85.1 Å². The normalized spacial score (nSPS) is 11.3. The first-order valence-electron chi connectivity index (χ1n) is 9.64. The van der Waals surface area contributed by atoms with Gasteiger partial charge in [0.25, 0.3) is 0 Å². The second kappa shape index (κ2) is 6.93. The zero-order valence-electron chi connectivity index (χ0n) is 15.8. The van der Waals surface area contributed by atoms with Crippen LogP contribution in [0, 0.1) is 6.92 Å². The van der Waals surface area contributed by atoms with Crippen molar-refractivity contribution in [1.29, 1.82) is 0 Å². The summed E-state index contributed by atoms with van der Waals surface area (Å²) in [6.07, 6.45) is 2.75. The average molecular weight is 363 g/mol. The standard InChI is InChI=1S/C25H21N3/c1-18-11-13-21(14-12-18)25-27-24-23(10-5-16-26-24)28(25)17-15-20-8-4-7-19-6-2-3-9-22(19)20/h2-14,16H,15,17H2,1H3. The van der Waals surface area contributed by atoms with Gasteiger partial charge in [-0.3, -0.25) is 0 Å². The molecule has 3 heteroatoms. The maximum absolute atomic E-state index is 4.84. The van der Waals surface area contributed by atoms with Crippen molar-refractivity contribution in [3.05, 3.63) is 96.2 Å². The molecule has 0 atom stereocenters. The van der Waals surface area contributed by atoms with Crippen LogP contribution < -0.4 is 0 Å². The number of hydrogen-bond donors (Lipinski definition) is 0. The van der Waals surface area contributed by atoms with E-state index in [1.165, 1.54) is 21.9 Å². The molecule has 0 bridgehead atoms. The molecule has 0 N–H and O–H groups in total. The minimum Gasteiger partial charge on any atom is -0.322 e. The smallest absolute Gasteiger partial charge is 0.178 e. The van der Waals surface area contributed by atoms with Crippen molar-refractivity contribution in [3.8, 4) is 11.4 Å². The van der Waals surface area contributed by atoms with Gasteiger partial charge in [-0.1, -0.05) is 72.3 Å². The summed E-state index contributed by atoms with van der Waals surface area (Å²) in [5.41, 5.74) is 5.62. The van der Waals surface area contributed by atoms with Crippen LogP contribution in [-0.4, -0.2) is 14.5 Å². The second-order valence-electron chi connectivity index (χ2n) is 7.19. The predicted molar refractivity (Wildman–Crippen MR) is 115 cm³/mol. The van der Waals surface area contributed by atoms with Gasteiger partial charge in [0.15, 0.2) is 5.65 Å². The minimum absolute atomic E-state index is 0.802. The van der Waals surface area contributed by atoms with E-state index in [9.17, 15) is 0 Å². The topological polar surface area (TPSA) is 30.7 Å². The highest BCUT2D eigenvalue weighted by atomic mass is 15.1. The van der Waals surface area contributed by atoms with Crippen LogP contribution in [0.4, 0.5) is 0 Å². The van der Waals surface area contributed by atoms with Crippen molar-refractivity contribution in [3.63, 3.8) is 0 Å². The first kappa shape index (κ1) is 16.7. The van der Waals surface area contributed by atoms with Crippen molar-refractivity contribution < 1.29 is 0 Å². The third-order valence-electron chi connectivity index (χ3n) is 5.32. The Bertz CT molecular complexity index is 1260. The molecular formula is C25H21N3. The Labute approximate surface area is 164 Å². The molecule has 0 aliphatic heterocycles. The molecule has 28 heavy (non-hydrogen) atoms. The highest BCUT2D eigenvalue weighted by Crippen LogP contribution is 2.26. The highest BCUT2D eigenvalue weighted by molar-refractivity contribution is 5.85. The third kappa shape index (κ3) is 2.95. The summed E-state index contributed by atoms with van der Waals surface area (Å²) in [7, 11) is 0. The number of hydrogen-bond acceptors (Lipinski definition) is 2. The first-order chi connectivity index (χ1) is 13.8. The SMILES string of the molecule is Cc1ccc(-c2nc3ncccc3n2CCc2cccc3ccccc23)cc1. The molecule has 0 saturated carbocycles. The van der Waals surface area contributed by atoms with E-state index in [1.807, 2.05) is 12.3 Å². The molecule has 0 fully saturated rings. The summed E-state index contributed by atoms with van der Waals surface area (Å²) in [5.74, 6) is 0.980. The molecule has 3 nitrogen and oxygen atoms in total. The summed E-state index contributed by atoms with van der Waals surface area (Å²) in [6, 6.07) is 27.8. The molecule has 5 rings (SSSR count). The van der Waals surface area contributed by atoms with Crippen LogP contribution in [0.25, 0.3) is 33.3 Å². The lowest BCUT2D eigenvalue weighted by Crippen LogP contribution is -2.04. The fourth-order valence-corrected chi connectivity index (χ4v) is 3.85. The second-order valence-corrected chi connectivity index (χ2v) is 7.19. The lowest BCUT2D eigenvalue weighted by Gasteiger charge is -2.11. The number of rotatable bonds is 4. The van der Waals surface area contributed by atoms with Crippen LogP contribution in [0.5, 0.6) is 0 Å². The molecule has 2 heterocycles. The Kier molecular flexibility index (Phi) is 4.13. The number of nitrogens with zero attached hydrogens (tertiary/aromatic N) is 3. The zero-order valence-corrected chi connectivity index (χ0v) is 15.8. The van der Waals surface area contributed by atoms with Gasteiger partial charge in [0.05, 0.1) is 5.52 Å². The Morgan fingerprint density at radius 2 is 1.64 bits per heavy atom. The third-order valence-corrected chi connectivity index (χ3v) is 5.32. The Morgan fingerprint density at radius 3 is 2.54 bits per heavy atom. The van der Waals surface area contributed by atoms with Gasteiger partial charge >= 0.3 is 0 Å². The van der Waals surface area contributed by atoms with Crippen molar-refractivity contribution in [2.75, 3.05) is 0 Å². The van der Waals surface area contributed by atoms with Crippen LogP contribution in [0.1, 0.15) is 11.1 Å². The maximum Gasteiger partial charge on any atom is 0.178 e. The van der Waals surface area contributed by atoms with E-state index in [0.29, 0.717) is 0 Å². The molecule has 0 unspecified atom stereocenters. The van der Waals surface area contributed by atoms with Crippen molar-refractivity contribution in [2.45, 2.75) is 19.9 Å². The summed E-state index contributed by atoms with van der Waals surface area (Å²) in [4.78, 5) is 9.32. The van der Waals surface area contributed by atoms with Gasteiger partial charge in [0, 0.05) is 18.3 Å². The maximum atomic E-state index is 4.84.